The molecule has 1 unspecified atom stereocenters. The molecule has 0 aromatic rings. The van der Waals surface area contributed by atoms with Gasteiger partial charge in [-0.05, 0) is 37.6 Å². The number of rotatable bonds is 10. The first-order valence-electron chi connectivity index (χ1n) is 6.89. The molecule has 0 aliphatic carbocycles. The Kier molecular flexibility index (Phi) is 10.0. The standard InChI is InChI=1S/C14H31NO/c1-6-9-15-14(13(4)5)11-16-10-7-8-12(2)3/h12-15H,6-11H2,1-5H3. The highest BCUT2D eigenvalue weighted by Crippen LogP contribution is 2.05. The fourth-order valence-corrected chi connectivity index (χ4v) is 1.62. The minimum Gasteiger partial charge on any atom is -0.380 e. The lowest BCUT2D eigenvalue weighted by atomic mass is 10.1. The third-order valence-corrected chi connectivity index (χ3v) is 2.83. The molecule has 0 saturated heterocycles. The van der Waals surface area contributed by atoms with Crippen molar-refractivity contribution in [2.75, 3.05) is 19.8 Å². The van der Waals surface area contributed by atoms with Crippen LogP contribution in [0.1, 0.15) is 53.9 Å². The SMILES string of the molecule is CCCNC(COCCCC(C)C)C(C)C. The van der Waals surface area contributed by atoms with Crippen molar-refractivity contribution in [1.82, 2.24) is 5.32 Å². The first-order valence-corrected chi connectivity index (χ1v) is 6.89. The molecule has 1 N–H and O–H groups in total. The molecule has 0 bridgehead atoms. The molecule has 98 valence electrons. The van der Waals surface area contributed by atoms with Crippen molar-refractivity contribution in [1.29, 1.82) is 0 Å². The normalized spacial score (nSPS) is 13.7. The summed E-state index contributed by atoms with van der Waals surface area (Å²) < 4.78 is 5.74. The van der Waals surface area contributed by atoms with Crippen LogP contribution in [0.15, 0.2) is 0 Å². The van der Waals surface area contributed by atoms with E-state index >= 15 is 0 Å². The molecule has 0 spiro atoms. The lowest BCUT2D eigenvalue weighted by Crippen LogP contribution is -2.38. The second-order valence-electron chi connectivity index (χ2n) is 5.42. The molecule has 0 fully saturated rings. The molecule has 0 heterocycles. The van der Waals surface area contributed by atoms with E-state index in [2.05, 4.69) is 39.9 Å². The molecule has 0 aliphatic heterocycles. The van der Waals surface area contributed by atoms with Crippen molar-refractivity contribution in [3.8, 4) is 0 Å². The van der Waals surface area contributed by atoms with E-state index in [9.17, 15) is 0 Å². The zero-order chi connectivity index (χ0) is 12.4. The van der Waals surface area contributed by atoms with Gasteiger partial charge in [0.2, 0.25) is 0 Å². The van der Waals surface area contributed by atoms with Gasteiger partial charge in [0.1, 0.15) is 0 Å². The molecule has 0 amide bonds. The highest BCUT2D eigenvalue weighted by Gasteiger charge is 2.11. The predicted octanol–water partition coefficient (Wildman–Crippen LogP) is 3.46. The number of hydrogen-bond acceptors (Lipinski definition) is 2. The smallest absolute Gasteiger partial charge is 0.0622 e. The second kappa shape index (κ2) is 10.1. The van der Waals surface area contributed by atoms with Gasteiger partial charge in [-0.15, -0.1) is 0 Å². The number of nitrogens with one attached hydrogen (secondary N) is 1. The fourth-order valence-electron chi connectivity index (χ4n) is 1.62. The minimum atomic E-state index is 0.513. The maximum Gasteiger partial charge on any atom is 0.0622 e. The van der Waals surface area contributed by atoms with Crippen LogP contribution < -0.4 is 5.32 Å². The van der Waals surface area contributed by atoms with Crippen LogP contribution in [0.4, 0.5) is 0 Å². The monoisotopic (exact) mass is 229 g/mol. The van der Waals surface area contributed by atoms with Crippen LogP contribution in [0.2, 0.25) is 0 Å². The van der Waals surface area contributed by atoms with Crippen molar-refractivity contribution < 1.29 is 4.74 Å². The largest absolute Gasteiger partial charge is 0.380 e. The van der Waals surface area contributed by atoms with Crippen molar-refractivity contribution in [3.63, 3.8) is 0 Å². The Bertz CT molecular complexity index is 146. The maximum absolute atomic E-state index is 5.74. The van der Waals surface area contributed by atoms with E-state index < -0.39 is 0 Å². The molecule has 0 aliphatic rings. The molecule has 0 radical (unpaired) electrons. The van der Waals surface area contributed by atoms with Crippen LogP contribution in [-0.2, 0) is 4.74 Å². The Morgan fingerprint density at radius 1 is 1.12 bits per heavy atom. The van der Waals surface area contributed by atoms with Gasteiger partial charge in [-0.2, -0.15) is 0 Å². The summed E-state index contributed by atoms with van der Waals surface area (Å²) in [5.41, 5.74) is 0. The Balaban J connectivity index is 3.52. The van der Waals surface area contributed by atoms with Crippen LogP contribution in [0.5, 0.6) is 0 Å². The van der Waals surface area contributed by atoms with E-state index in [0.29, 0.717) is 12.0 Å². The Hall–Kier alpha value is -0.0800. The molecular formula is C14H31NO. The maximum atomic E-state index is 5.74. The lowest BCUT2D eigenvalue weighted by Gasteiger charge is -2.22. The summed E-state index contributed by atoms with van der Waals surface area (Å²) in [7, 11) is 0. The first kappa shape index (κ1) is 15.9. The van der Waals surface area contributed by atoms with Crippen molar-refractivity contribution >= 4 is 0 Å². The molecule has 2 heteroatoms. The Morgan fingerprint density at radius 2 is 1.81 bits per heavy atom. The van der Waals surface area contributed by atoms with Gasteiger partial charge in [0.15, 0.2) is 0 Å². The summed E-state index contributed by atoms with van der Waals surface area (Å²) in [6, 6.07) is 0.513. The zero-order valence-corrected chi connectivity index (χ0v) is 11.9. The highest BCUT2D eigenvalue weighted by molar-refractivity contribution is 4.69. The summed E-state index contributed by atoms with van der Waals surface area (Å²) >= 11 is 0. The van der Waals surface area contributed by atoms with Gasteiger partial charge in [0, 0.05) is 12.6 Å². The molecule has 0 saturated carbocycles. The topological polar surface area (TPSA) is 21.3 Å². The molecule has 16 heavy (non-hydrogen) atoms. The van der Waals surface area contributed by atoms with Crippen molar-refractivity contribution in [2.45, 2.75) is 59.9 Å². The third-order valence-electron chi connectivity index (χ3n) is 2.83. The lowest BCUT2D eigenvalue weighted by molar-refractivity contribution is 0.0935. The summed E-state index contributed by atoms with van der Waals surface area (Å²) in [6.07, 6.45) is 3.65. The second-order valence-corrected chi connectivity index (χ2v) is 5.42. The predicted molar refractivity (Wildman–Crippen MR) is 71.8 cm³/mol. The summed E-state index contributed by atoms with van der Waals surface area (Å²) in [6.45, 7) is 14.1. The van der Waals surface area contributed by atoms with Crippen molar-refractivity contribution in [2.24, 2.45) is 11.8 Å². The van der Waals surface area contributed by atoms with E-state index in [1.807, 2.05) is 0 Å². The van der Waals surface area contributed by atoms with E-state index in [4.69, 9.17) is 4.74 Å². The summed E-state index contributed by atoms with van der Waals surface area (Å²) in [4.78, 5) is 0. The minimum absolute atomic E-state index is 0.513. The molecular weight excluding hydrogens is 198 g/mol. The fraction of sp³-hybridized carbons (Fsp3) is 1.00. The van der Waals surface area contributed by atoms with Gasteiger partial charge in [0.05, 0.1) is 6.61 Å². The molecule has 2 nitrogen and oxygen atoms in total. The average molecular weight is 229 g/mol. The highest BCUT2D eigenvalue weighted by atomic mass is 16.5. The third kappa shape index (κ3) is 9.17. The quantitative estimate of drug-likeness (QED) is 0.579. The first-order chi connectivity index (χ1) is 7.57. The molecule has 0 rings (SSSR count). The van der Waals surface area contributed by atoms with E-state index in [1.54, 1.807) is 0 Å². The molecule has 0 aromatic carbocycles. The van der Waals surface area contributed by atoms with E-state index in [1.165, 1.54) is 19.3 Å². The van der Waals surface area contributed by atoms with Gasteiger partial charge >= 0.3 is 0 Å². The van der Waals surface area contributed by atoms with Crippen LogP contribution in [0, 0.1) is 11.8 Å². The van der Waals surface area contributed by atoms with Crippen LogP contribution in [0.25, 0.3) is 0 Å². The van der Waals surface area contributed by atoms with Crippen molar-refractivity contribution in [3.05, 3.63) is 0 Å². The summed E-state index contributed by atoms with van der Waals surface area (Å²) in [5.74, 6) is 1.44. The average Bonchev–Trinajstić information content (AvgIpc) is 2.21. The number of hydrogen-bond donors (Lipinski definition) is 1. The summed E-state index contributed by atoms with van der Waals surface area (Å²) in [5, 5.41) is 3.54. The van der Waals surface area contributed by atoms with Gasteiger partial charge in [-0.3, -0.25) is 0 Å². The Labute approximate surface area is 102 Å². The van der Waals surface area contributed by atoms with Gasteiger partial charge < -0.3 is 10.1 Å². The van der Waals surface area contributed by atoms with Crippen LogP contribution >= 0.6 is 0 Å². The van der Waals surface area contributed by atoms with E-state index in [-0.39, 0.29) is 0 Å². The van der Waals surface area contributed by atoms with Gasteiger partial charge in [0.25, 0.3) is 0 Å². The van der Waals surface area contributed by atoms with Gasteiger partial charge in [-0.25, -0.2) is 0 Å². The Morgan fingerprint density at radius 3 is 2.31 bits per heavy atom. The molecule has 0 aromatic heterocycles. The zero-order valence-electron chi connectivity index (χ0n) is 11.9. The molecule has 1 atom stereocenters. The van der Waals surface area contributed by atoms with Crippen LogP contribution in [0.3, 0.4) is 0 Å². The van der Waals surface area contributed by atoms with E-state index in [0.717, 1.165) is 25.7 Å². The van der Waals surface area contributed by atoms with Crippen LogP contribution in [-0.4, -0.2) is 25.8 Å². The van der Waals surface area contributed by atoms with Gasteiger partial charge in [-0.1, -0.05) is 34.6 Å². The number of ether oxygens (including phenoxy) is 1.